The number of nitrogens with zero attached hydrogens (tertiary/aromatic N) is 1. The molecule has 2 heterocycles. The molecule has 2 saturated carbocycles. The van der Waals surface area contributed by atoms with E-state index in [1.807, 2.05) is 0 Å². The zero-order valence-electron chi connectivity index (χ0n) is 29.7. The van der Waals surface area contributed by atoms with Crippen molar-refractivity contribution in [1.29, 1.82) is 0 Å². The molecule has 0 amide bonds. The van der Waals surface area contributed by atoms with E-state index in [4.69, 9.17) is 9.47 Å². The number of hydrogen-bond donors (Lipinski definition) is 0. The van der Waals surface area contributed by atoms with E-state index < -0.39 is 8.07 Å². The summed E-state index contributed by atoms with van der Waals surface area (Å²) in [4.78, 5) is 2.91. The highest BCUT2D eigenvalue weighted by molar-refractivity contribution is 7.21. The van der Waals surface area contributed by atoms with Crippen molar-refractivity contribution in [1.82, 2.24) is 0 Å². The van der Waals surface area contributed by atoms with Crippen LogP contribution >= 0.6 is 0 Å². The Kier molecular flexibility index (Phi) is 8.01. The Morgan fingerprint density at radius 2 is 0.769 bits per heavy atom. The van der Waals surface area contributed by atoms with Gasteiger partial charge in [-0.3, -0.25) is 0 Å². The molecule has 0 unspecified atom stereocenters. The summed E-state index contributed by atoms with van der Waals surface area (Å²) >= 11 is 0. The Labute approximate surface area is 308 Å². The lowest BCUT2D eigenvalue weighted by Crippen LogP contribution is -2.77. The highest BCUT2D eigenvalue weighted by Crippen LogP contribution is 2.43. The van der Waals surface area contributed by atoms with Gasteiger partial charge in [-0.15, -0.1) is 0 Å². The number of benzene rings is 6. The van der Waals surface area contributed by atoms with Gasteiger partial charge in [0.05, 0.1) is 0 Å². The number of anilines is 1. The third kappa shape index (κ3) is 5.22. The molecule has 52 heavy (non-hydrogen) atoms. The highest BCUT2D eigenvalue weighted by Gasteiger charge is 2.53. The second-order valence-corrected chi connectivity index (χ2v) is 19.0. The second-order valence-electron chi connectivity index (χ2n) is 15.4. The van der Waals surface area contributed by atoms with Crippen LogP contribution in [0.5, 0.6) is 23.0 Å². The van der Waals surface area contributed by atoms with Crippen molar-refractivity contribution in [3.8, 4) is 23.0 Å². The second kappa shape index (κ2) is 13.2. The van der Waals surface area contributed by atoms with Crippen LogP contribution in [0.1, 0.15) is 74.3 Å². The summed E-state index contributed by atoms with van der Waals surface area (Å²) in [6.45, 7) is 0. The van der Waals surface area contributed by atoms with Crippen LogP contribution in [0, 0.1) is 0 Å². The molecule has 2 aliphatic carbocycles. The quantitative estimate of drug-likeness (QED) is 0.168. The van der Waals surface area contributed by atoms with Crippen LogP contribution in [0.2, 0.25) is 0 Å². The molecule has 0 atom stereocenters. The Morgan fingerprint density at radius 1 is 0.385 bits per heavy atom. The zero-order valence-corrected chi connectivity index (χ0v) is 30.7. The molecule has 0 bridgehead atoms. The molecule has 0 aromatic heterocycles. The summed E-state index contributed by atoms with van der Waals surface area (Å²) < 4.78 is 13.5. The molecule has 6 aromatic carbocycles. The van der Waals surface area contributed by atoms with Gasteiger partial charge in [-0.2, -0.15) is 0 Å². The third-order valence-corrected chi connectivity index (χ3v) is 17.6. The van der Waals surface area contributed by atoms with Gasteiger partial charge >= 0.3 is 0 Å². The topological polar surface area (TPSA) is 21.7 Å². The van der Waals surface area contributed by atoms with E-state index in [-0.39, 0.29) is 0 Å². The molecule has 0 radical (unpaired) electrons. The molecular formula is C48H45NO2Si. The first kappa shape index (κ1) is 31.7. The first-order valence-corrected chi connectivity index (χ1v) is 21.4. The minimum Gasteiger partial charge on any atom is -0.458 e. The van der Waals surface area contributed by atoms with Crippen molar-refractivity contribution in [3.63, 3.8) is 0 Å². The summed E-state index contributed by atoms with van der Waals surface area (Å²) in [6.07, 6.45) is 9.83. The summed E-state index contributed by atoms with van der Waals surface area (Å²) in [6, 6.07) is 57.1. The van der Waals surface area contributed by atoms with Gasteiger partial charge in [0, 0.05) is 17.8 Å². The predicted molar refractivity (Wildman–Crippen MR) is 216 cm³/mol. The summed E-state index contributed by atoms with van der Waals surface area (Å²) in [5, 5.41) is 5.26. The average molecular weight is 696 g/mol. The van der Waals surface area contributed by atoms with Crippen LogP contribution in [-0.4, -0.2) is 20.2 Å². The van der Waals surface area contributed by atoms with Crippen molar-refractivity contribution in [2.75, 3.05) is 4.90 Å². The summed E-state index contributed by atoms with van der Waals surface area (Å²) in [5.74, 6) is 5.19. The van der Waals surface area contributed by atoms with E-state index in [1.54, 1.807) is 0 Å². The van der Waals surface area contributed by atoms with Crippen molar-refractivity contribution in [3.05, 3.63) is 163 Å². The van der Waals surface area contributed by atoms with Gasteiger partial charge in [-0.1, -0.05) is 115 Å². The van der Waals surface area contributed by atoms with Crippen LogP contribution in [0.25, 0.3) is 0 Å². The standard InChI is InChI=1S/C48H45NO2Si/c1-3-13-34(14-4-1)36-23-27-38(28-24-36)49(39-29-25-37(26-30-39)35-15-5-2-6-16-35)40-31-32-44-48(33-40)52(47-22-12-9-19-43(47)51-44)45-20-10-7-17-41(45)50-42-18-8-11-21-46(42)52/h1-22,31-33,36-39H,23-30H2. The van der Waals surface area contributed by atoms with E-state index in [0.717, 1.165) is 23.0 Å². The molecule has 6 aromatic rings. The molecule has 258 valence electrons. The monoisotopic (exact) mass is 695 g/mol. The van der Waals surface area contributed by atoms with Crippen LogP contribution in [0.15, 0.2) is 152 Å². The van der Waals surface area contributed by atoms with Crippen molar-refractivity contribution >= 4 is 34.5 Å². The Morgan fingerprint density at radius 3 is 1.21 bits per heavy atom. The van der Waals surface area contributed by atoms with Gasteiger partial charge in [0.1, 0.15) is 23.0 Å². The summed E-state index contributed by atoms with van der Waals surface area (Å²) in [7, 11) is -2.82. The maximum Gasteiger partial charge on any atom is 0.196 e. The zero-order chi connectivity index (χ0) is 34.5. The minimum atomic E-state index is -2.82. The SMILES string of the molecule is c1ccc(C2CCC(N(c3ccc4c(c3)[Si]3(c5ccccc5Oc5ccccc53)c3ccccc3O4)C3CCC(c4ccccc4)CC3)CC2)cc1. The molecule has 4 aliphatic rings. The van der Waals surface area contributed by atoms with E-state index in [2.05, 4.69) is 157 Å². The van der Waals surface area contributed by atoms with Gasteiger partial charge in [0.15, 0.2) is 8.07 Å². The fraction of sp³-hybridized carbons (Fsp3) is 0.250. The number of ether oxygens (including phenoxy) is 2. The van der Waals surface area contributed by atoms with Crippen LogP contribution in [0.4, 0.5) is 5.69 Å². The average Bonchev–Trinajstić information content (AvgIpc) is 3.22. The number of hydrogen-bond acceptors (Lipinski definition) is 3. The number of para-hydroxylation sites is 3. The van der Waals surface area contributed by atoms with Crippen LogP contribution < -0.4 is 35.1 Å². The molecule has 0 saturated heterocycles. The normalized spacial score (nSPS) is 22.5. The smallest absolute Gasteiger partial charge is 0.196 e. The Bertz CT molecular complexity index is 2040. The lowest BCUT2D eigenvalue weighted by molar-refractivity contribution is 0.310. The number of rotatable bonds is 5. The maximum atomic E-state index is 6.86. The van der Waals surface area contributed by atoms with Crippen molar-refractivity contribution in [2.45, 2.75) is 75.3 Å². The Balaban J connectivity index is 1.09. The fourth-order valence-electron chi connectivity index (χ4n) is 10.3. The summed E-state index contributed by atoms with van der Waals surface area (Å²) in [5.41, 5.74) is 4.37. The molecule has 4 heteroatoms. The van der Waals surface area contributed by atoms with Crippen LogP contribution in [0.3, 0.4) is 0 Å². The van der Waals surface area contributed by atoms with Gasteiger partial charge in [-0.05, 0) is 131 Å². The van der Waals surface area contributed by atoms with Gasteiger partial charge in [-0.25, -0.2) is 0 Å². The van der Waals surface area contributed by atoms with Gasteiger partial charge in [0.2, 0.25) is 0 Å². The fourth-order valence-corrected chi connectivity index (χ4v) is 15.5. The van der Waals surface area contributed by atoms with E-state index >= 15 is 0 Å². The van der Waals surface area contributed by atoms with Crippen LogP contribution in [-0.2, 0) is 0 Å². The molecule has 2 fully saturated rings. The van der Waals surface area contributed by atoms with E-state index in [1.165, 1.54) is 88.9 Å². The lowest BCUT2D eigenvalue weighted by Gasteiger charge is -2.47. The first-order chi connectivity index (χ1) is 25.8. The maximum absolute atomic E-state index is 6.86. The Hall–Kier alpha value is -5.06. The largest absolute Gasteiger partial charge is 0.458 e. The highest BCUT2D eigenvalue weighted by atomic mass is 28.3. The molecule has 1 spiro atoms. The molecule has 2 aliphatic heterocycles. The number of fused-ring (bicyclic) bond motifs is 8. The van der Waals surface area contributed by atoms with Crippen molar-refractivity contribution in [2.24, 2.45) is 0 Å². The molecule has 3 nitrogen and oxygen atoms in total. The minimum absolute atomic E-state index is 0.514. The first-order valence-electron chi connectivity index (χ1n) is 19.4. The lowest BCUT2D eigenvalue weighted by atomic mass is 9.78. The molecule has 10 rings (SSSR count). The molecule has 0 N–H and O–H groups in total. The third-order valence-electron chi connectivity index (χ3n) is 12.7. The van der Waals surface area contributed by atoms with E-state index in [9.17, 15) is 0 Å². The van der Waals surface area contributed by atoms with E-state index in [0.29, 0.717) is 23.9 Å². The predicted octanol–water partition coefficient (Wildman–Crippen LogP) is 9.53. The van der Waals surface area contributed by atoms with Crippen molar-refractivity contribution < 1.29 is 9.47 Å². The van der Waals surface area contributed by atoms with Gasteiger partial charge in [0.25, 0.3) is 0 Å². The molecular weight excluding hydrogens is 651 g/mol. The van der Waals surface area contributed by atoms with Gasteiger partial charge < -0.3 is 14.4 Å².